The highest BCUT2D eigenvalue weighted by molar-refractivity contribution is 6.30. The van der Waals surface area contributed by atoms with Gasteiger partial charge < -0.3 is 10.1 Å². The van der Waals surface area contributed by atoms with Crippen LogP contribution in [-0.4, -0.2) is 11.5 Å². The van der Waals surface area contributed by atoms with Crippen LogP contribution < -0.4 is 10.1 Å². The number of carbonyl (C=O) groups is 1. The number of rotatable bonds is 6. The molecular weight excluding hydrogens is 322 g/mol. The minimum Gasteiger partial charge on any atom is -0.478 e. The van der Waals surface area contributed by atoms with Gasteiger partial charge >= 0.3 is 0 Å². The van der Waals surface area contributed by atoms with Crippen molar-refractivity contribution in [1.29, 1.82) is 0 Å². The molecule has 0 spiro atoms. The van der Waals surface area contributed by atoms with Gasteiger partial charge in [-0.25, -0.2) is 0 Å². The Morgan fingerprint density at radius 2 is 1.79 bits per heavy atom. The number of para-hydroxylation sites is 1. The fourth-order valence-electron chi connectivity index (χ4n) is 2.38. The lowest BCUT2D eigenvalue weighted by atomic mass is 9.96. The molecule has 0 radical (unpaired) electrons. The maximum atomic E-state index is 12.7. The third-order valence-electron chi connectivity index (χ3n) is 4.09. The molecule has 0 aliphatic rings. The van der Waals surface area contributed by atoms with E-state index >= 15 is 0 Å². The molecule has 1 atom stereocenters. The van der Waals surface area contributed by atoms with Crippen molar-refractivity contribution in [3.63, 3.8) is 0 Å². The summed E-state index contributed by atoms with van der Waals surface area (Å²) >= 11 is 5.88. The second-order valence-corrected chi connectivity index (χ2v) is 6.85. The van der Waals surface area contributed by atoms with Gasteiger partial charge in [0.15, 0.2) is 5.60 Å². The van der Waals surface area contributed by atoms with E-state index in [4.69, 9.17) is 16.3 Å². The zero-order valence-corrected chi connectivity index (χ0v) is 15.4. The first kappa shape index (κ1) is 18.3. The zero-order chi connectivity index (χ0) is 17.7. The maximum Gasteiger partial charge on any atom is 0.267 e. The van der Waals surface area contributed by atoms with Crippen molar-refractivity contribution in [1.82, 2.24) is 0 Å². The Morgan fingerprint density at radius 1 is 1.17 bits per heavy atom. The minimum absolute atomic E-state index is 0.187. The van der Waals surface area contributed by atoms with Crippen LogP contribution in [0.4, 0.5) is 5.69 Å². The highest BCUT2D eigenvalue weighted by Crippen LogP contribution is 2.28. The Labute approximate surface area is 149 Å². The van der Waals surface area contributed by atoms with Crippen LogP contribution in [0.25, 0.3) is 0 Å². The Bertz CT molecular complexity index is 695. The standard InChI is InChI=1S/C20H24ClNO2/c1-5-14(2)17-8-6-7-9-18(17)22-19(23)20(3,4)24-16-12-10-15(21)11-13-16/h6-14H,5H2,1-4H3,(H,22,23). The first-order valence-electron chi connectivity index (χ1n) is 8.18. The Morgan fingerprint density at radius 3 is 2.42 bits per heavy atom. The summed E-state index contributed by atoms with van der Waals surface area (Å²) in [5, 5.41) is 3.64. The van der Waals surface area contributed by atoms with E-state index in [2.05, 4.69) is 25.2 Å². The molecule has 2 aromatic carbocycles. The summed E-state index contributed by atoms with van der Waals surface area (Å²) in [4.78, 5) is 12.7. The SMILES string of the molecule is CCC(C)c1ccccc1NC(=O)C(C)(C)Oc1ccc(Cl)cc1. The van der Waals surface area contributed by atoms with Gasteiger partial charge in [-0.3, -0.25) is 4.79 Å². The van der Waals surface area contributed by atoms with Gasteiger partial charge in [0.2, 0.25) is 0 Å². The number of carbonyl (C=O) groups excluding carboxylic acids is 1. The van der Waals surface area contributed by atoms with Crippen LogP contribution in [0, 0.1) is 0 Å². The average molecular weight is 346 g/mol. The van der Waals surface area contributed by atoms with Crippen molar-refractivity contribution in [2.75, 3.05) is 5.32 Å². The number of halogens is 1. The molecule has 2 rings (SSSR count). The molecule has 24 heavy (non-hydrogen) atoms. The molecule has 3 nitrogen and oxygen atoms in total. The van der Waals surface area contributed by atoms with Gasteiger partial charge in [0.05, 0.1) is 0 Å². The van der Waals surface area contributed by atoms with Crippen LogP contribution >= 0.6 is 11.6 Å². The van der Waals surface area contributed by atoms with Crippen LogP contribution in [0.2, 0.25) is 5.02 Å². The van der Waals surface area contributed by atoms with Crippen LogP contribution in [0.5, 0.6) is 5.75 Å². The fourth-order valence-corrected chi connectivity index (χ4v) is 2.50. The Balaban J connectivity index is 2.15. The Hall–Kier alpha value is -2.00. The molecule has 0 heterocycles. The third-order valence-corrected chi connectivity index (χ3v) is 4.34. The van der Waals surface area contributed by atoms with Gasteiger partial charge in [-0.2, -0.15) is 0 Å². The van der Waals surface area contributed by atoms with E-state index in [-0.39, 0.29) is 5.91 Å². The van der Waals surface area contributed by atoms with E-state index < -0.39 is 5.60 Å². The normalized spacial score (nSPS) is 12.5. The molecular formula is C20H24ClNO2. The molecule has 0 fully saturated rings. The number of hydrogen-bond acceptors (Lipinski definition) is 2. The predicted molar refractivity (Wildman–Crippen MR) is 99.9 cm³/mol. The molecule has 1 amide bonds. The summed E-state index contributed by atoms with van der Waals surface area (Å²) in [6.07, 6.45) is 1.01. The lowest BCUT2D eigenvalue weighted by molar-refractivity contribution is -0.128. The molecule has 128 valence electrons. The van der Waals surface area contributed by atoms with Gasteiger partial charge in [-0.15, -0.1) is 0 Å². The molecule has 2 aromatic rings. The molecule has 0 aromatic heterocycles. The maximum absolute atomic E-state index is 12.7. The topological polar surface area (TPSA) is 38.3 Å². The number of anilines is 1. The number of ether oxygens (including phenoxy) is 1. The van der Waals surface area contributed by atoms with E-state index in [0.29, 0.717) is 16.7 Å². The molecule has 0 aliphatic heterocycles. The van der Waals surface area contributed by atoms with E-state index in [1.165, 1.54) is 0 Å². The molecule has 0 saturated carbocycles. The summed E-state index contributed by atoms with van der Waals surface area (Å²) in [6, 6.07) is 14.9. The van der Waals surface area contributed by atoms with Gasteiger partial charge in [-0.05, 0) is 62.1 Å². The highest BCUT2D eigenvalue weighted by atomic mass is 35.5. The summed E-state index contributed by atoms with van der Waals surface area (Å²) in [5.74, 6) is 0.796. The summed E-state index contributed by atoms with van der Waals surface area (Å²) in [7, 11) is 0. The molecule has 4 heteroatoms. The molecule has 0 bridgehead atoms. The lowest BCUT2D eigenvalue weighted by Gasteiger charge is -2.26. The molecule has 0 aliphatic carbocycles. The van der Waals surface area contributed by atoms with Crippen molar-refractivity contribution < 1.29 is 9.53 Å². The summed E-state index contributed by atoms with van der Waals surface area (Å²) in [6.45, 7) is 7.79. The van der Waals surface area contributed by atoms with E-state index in [0.717, 1.165) is 17.7 Å². The number of nitrogens with one attached hydrogen (secondary N) is 1. The van der Waals surface area contributed by atoms with E-state index in [9.17, 15) is 4.79 Å². The predicted octanol–water partition coefficient (Wildman–Crippen LogP) is 5.65. The second kappa shape index (κ2) is 7.71. The van der Waals surface area contributed by atoms with Gasteiger partial charge in [0.25, 0.3) is 5.91 Å². The summed E-state index contributed by atoms with van der Waals surface area (Å²) in [5.41, 5.74) is 0.969. The van der Waals surface area contributed by atoms with Crippen molar-refractivity contribution in [2.24, 2.45) is 0 Å². The number of amides is 1. The lowest BCUT2D eigenvalue weighted by Crippen LogP contribution is -2.42. The van der Waals surface area contributed by atoms with Crippen molar-refractivity contribution in [2.45, 2.75) is 45.6 Å². The minimum atomic E-state index is -1.00. The first-order valence-corrected chi connectivity index (χ1v) is 8.56. The van der Waals surface area contributed by atoms with Gasteiger partial charge in [0.1, 0.15) is 5.75 Å². The Kier molecular flexibility index (Phi) is 5.89. The monoisotopic (exact) mass is 345 g/mol. The van der Waals surface area contributed by atoms with Crippen LogP contribution in [-0.2, 0) is 4.79 Å². The van der Waals surface area contributed by atoms with E-state index in [1.54, 1.807) is 38.1 Å². The van der Waals surface area contributed by atoms with Crippen LogP contribution in [0.1, 0.15) is 45.6 Å². The average Bonchev–Trinajstić information content (AvgIpc) is 2.56. The van der Waals surface area contributed by atoms with E-state index in [1.807, 2.05) is 18.2 Å². The number of hydrogen-bond donors (Lipinski definition) is 1. The van der Waals surface area contributed by atoms with Crippen LogP contribution in [0.3, 0.4) is 0 Å². The largest absolute Gasteiger partial charge is 0.478 e. The molecule has 1 unspecified atom stereocenters. The smallest absolute Gasteiger partial charge is 0.267 e. The zero-order valence-electron chi connectivity index (χ0n) is 14.6. The van der Waals surface area contributed by atoms with Crippen molar-refractivity contribution in [3.05, 3.63) is 59.1 Å². The highest BCUT2D eigenvalue weighted by Gasteiger charge is 2.30. The third kappa shape index (κ3) is 4.51. The quantitative estimate of drug-likeness (QED) is 0.734. The van der Waals surface area contributed by atoms with Gasteiger partial charge in [-0.1, -0.05) is 43.6 Å². The summed E-state index contributed by atoms with van der Waals surface area (Å²) < 4.78 is 5.85. The molecule has 1 N–H and O–H groups in total. The second-order valence-electron chi connectivity index (χ2n) is 6.42. The van der Waals surface area contributed by atoms with Crippen molar-refractivity contribution in [3.8, 4) is 5.75 Å². The number of benzene rings is 2. The first-order chi connectivity index (χ1) is 11.3. The van der Waals surface area contributed by atoms with Gasteiger partial charge in [0, 0.05) is 10.7 Å². The molecule has 0 saturated heterocycles. The van der Waals surface area contributed by atoms with Crippen LogP contribution in [0.15, 0.2) is 48.5 Å². The fraction of sp³-hybridized carbons (Fsp3) is 0.350. The van der Waals surface area contributed by atoms with Crippen molar-refractivity contribution >= 4 is 23.2 Å².